The van der Waals surface area contributed by atoms with Crippen LogP contribution in [0.3, 0.4) is 0 Å². The maximum Gasteiger partial charge on any atom is 0.133 e. The molecule has 1 aliphatic rings. The number of rotatable bonds is 5. The van der Waals surface area contributed by atoms with E-state index < -0.39 is 0 Å². The van der Waals surface area contributed by atoms with Crippen molar-refractivity contribution in [2.45, 2.75) is 65.7 Å². The van der Waals surface area contributed by atoms with Gasteiger partial charge in [-0.15, -0.1) is 0 Å². The lowest BCUT2D eigenvalue weighted by Gasteiger charge is -2.26. The Kier molecular flexibility index (Phi) is 5.35. The molecule has 0 aromatic heterocycles. The molecule has 0 aliphatic heterocycles. The van der Waals surface area contributed by atoms with Gasteiger partial charge in [-0.3, -0.25) is 4.79 Å². The molecule has 1 saturated carbocycles. The minimum atomic E-state index is 0.503. The Morgan fingerprint density at radius 2 is 2.07 bits per heavy atom. The van der Waals surface area contributed by atoms with Gasteiger partial charge in [0.15, 0.2) is 0 Å². The molecule has 0 amide bonds. The molecule has 1 rings (SSSR count). The Balaban J connectivity index is 2.19. The van der Waals surface area contributed by atoms with Crippen molar-refractivity contribution in [1.29, 1.82) is 0 Å². The third-order valence-corrected chi connectivity index (χ3v) is 3.56. The van der Waals surface area contributed by atoms with Crippen LogP contribution in [0.25, 0.3) is 0 Å². The van der Waals surface area contributed by atoms with E-state index in [0.29, 0.717) is 17.6 Å². The van der Waals surface area contributed by atoms with Crippen LogP contribution < -0.4 is 0 Å². The van der Waals surface area contributed by atoms with Crippen LogP contribution in [0.1, 0.15) is 65.7 Å². The van der Waals surface area contributed by atoms with Crippen LogP contribution in [-0.2, 0) is 4.79 Å². The summed E-state index contributed by atoms with van der Waals surface area (Å²) < 4.78 is 0. The van der Waals surface area contributed by atoms with E-state index in [1.54, 1.807) is 0 Å². The Bertz CT molecular complexity index is 196. The first-order chi connectivity index (χ1) is 7.08. The van der Waals surface area contributed by atoms with Gasteiger partial charge in [-0.2, -0.15) is 0 Å². The van der Waals surface area contributed by atoms with Crippen molar-refractivity contribution in [2.75, 3.05) is 0 Å². The molecule has 0 spiro atoms. The first kappa shape index (κ1) is 12.7. The molecule has 0 radical (unpaired) electrons. The van der Waals surface area contributed by atoms with E-state index in [9.17, 15) is 4.79 Å². The summed E-state index contributed by atoms with van der Waals surface area (Å²) in [6.45, 7) is 6.71. The van der Waals surface area contributed by atoms with Gasteiger partial charge in [0.2, 0.25) is 0 Å². The summed E-state index contributed by atoms with van der Waals surface area (Å²) in [4.78, 5) is 11.7. The highest BCUT2D eigenvalue weighted by Crippen LogP contribution is 2.31. The van der Waals surface area contributed by atoms with Gasteiger partial charge in [-0.05, 0) is 30.6 Å². The second kappa shape index (κ2) is 6.30. The van der Waals surface area contributed by atoms with Crippen molar-refractivity contribution < 1.29 is 4.79 Å². The Morgan fingerprint density at radius 1 is 1.33 bits per heavy atom. The highest BCUT2D eigenvalue weighted by atomic mass is 16.1. The predicted molar refractivity (Wildman–Crippen MR) is 64.8 cm³/mol. The molecule has 0 aromatic rings. The molecule has 0 heterocycles. The van der Waals surface area contributed by atoms with Crippen LogP contribution in [0.5, 0.6) is 0 Å². The zero-order chi connectivity index (χ0) is 11.3. The molecule has 0 N–H and O–H groups in total. The van der Waals surface area contributed by atoms with Gasteiger partial charge in [0.25, 0.3) is 0 Å². The van der Waals surface area contributed by atoms with Crippen molar-refractivity contribution in [3.8, 4) is 0 Å². The van der Waals surface area contributed by atoms with Crippen LogP contribution >= 0.6 is 0 Å². The summed E-state index contributed by atoms with van der Waals surface area (Å²) in [7, 11) is 0. The molecule has 0 aromatic carbocycles. The molecular weight excluding hydrogens is 184 g/mol. The van der Waals surface area contributed by atoms with Crippen LogP contribution in [0, 0.1) is 17.8 Å². The van der Waals surface area contributed by atoms with Crippen LogP contribution in [-0.4, -0.2) is 5.78 Å². The van der Waals surface area contributed by atoms with Crippen molar-refractivity contribution in [3.05, 3.63) is 0 Å². The molecule has 2 unspecified atom stereocenters. The normalized spacial score (nSPS) is 26.9. The molecule has 1 aliphatic carbocycles. The van der Waals surface area contributed by atoms with Crippen molar-refractivity contribution in [3.63, 3.8) is 0 Å². The zero-order valence-corrected chi connectivity index (χ0v) is 10.6. The lowest BCUT2D eigenvalue weighted by molar-refractivity contribution is -0.120. The summed E-state index contributed by atoms with van der Waals surface area (Å²) in [6, 6.07) is 0. The predicted octanol–water partition coefficient (Wildman–Crippen LogP) is 4.21. The summed E-state index contributed by atoms with van der Waals surface area (Å²) in [6.07, 6.45) is 8.02. The first-order valence-electron chi connectivity index (χ1n) is 6.59. The standard InChI is InChI=1S/C14H26O/c1-11(2)7-8-14(15)10-13-6-4-5-12(3)9-13/h11-13H,4-10H2,1-3H3. The van der Waals surface area contributed by atoms with E-state index in [0.717, 1.165) is 25.2 Å². The Labute approximate surface area is 94.6 Å². The fourth-order valence-corrected chi connectivity index (χ4v) is 2.62. The number of hydrogen-bond acceptors (Lipinski definition) is 1. The third-order valence-electron chi connectivity index (χ3n) is 3.56. The molecule has 1 heteroatoms. The molecule has 1 fully saturated rings. The van der Waals surface area contributed by atoms with Crippen LogP contribution in [0.2, 0.25) is 0 Å². The van der Waals surface area contributed by atoms with Gasteiger partial charge in [-0.1, -0.05) is 40.0 Å². The van der Waals surface area contributed by atoms with Gasteiger partial charge in [0.1, 0.15) is 5.78 Å². The average molecular weight is 210 g/mol. The summed E-state index contributed by atoms with van der Waals surface area (Å²) in [5.74, 6) is 2.72. The fraction of sp³-hybridized carbons (Fsp3) is 0.929. The summed E-state index contributed by atoms with van der Waals surface area (Å²) >= 11 is 0. The van der Waals surface area contributed by atoms with Crippen molar-refractivity contribution in [2.24, 2.45) is 17.8 Å². The molecule has 15 heavy (non-hydrogen) atoms. The van der Waals surface area contributed by atoms with Crippen LogP contribution in [0.4, 0.5) is 0 Å². The SMILES string of the molecule is CC(C)CCC(=O)CC1CCCC(C)C1. The number of carbonyl (C=O) groups excluding carboxylic acids is 1. The number of hydrogen-bond donors (Lipinski definition) is 0. The number of Topliss-reactive ketones (excluding diaryl/α,β-unsaturated/α-hetero) is 1. The maximum atomic E-state index is 11.7. The van der Waals surface area contributed by atoms with Gasteiger partial charge >= 0.3 is 0 Å². The van der Waals surface area contributed by atoms with E-state index >= 15 is 0 Å². The van der Waals surface area contributed by atoms with Gasteiger partial charge in [0, 0.05) is 12.8 Å². The first-order valence-corrected chi connectivity index (χ1v) is 6.59. The molecule has 1 nitrogen and oxygen atoms in total. The zero-order valence-electron chi connectivity index (χ0n) is 10.6. The van der Waals surface area contributed by atoms with E-state index in [4.69, 9.17) is 0 Å². The summed E-state index contributed by atoms with van der Waals surface area (Å²) in [5, 5.41) is 0. The molecule has 0 saturated heterocycles. The molecule has 88 valence electrons. The van der Waals surface area contributed by atoms with E-state index in [1.807, 2.05) is 0 Å². The lowest BCUT2D eigenvalue weighted by atomic mass is 9.79. The number of ketones is 1. The maximum absolute atomic E-state index is 11.7. The average Bonchev–Trinajstić information content (AvgIpc) is 2.15. The number of carbonyl (C=O) groups is 1. The highest BCUT2D eigenvalue weighted by Gasteiger charge is 2.20. The minimum Gasteiger partial charge on any atom is -0.300 e. The van der Waals surface area contributed by atoms with Crippen molar-refractivity contribution in [1.82, 2.24) is 0 Å². The van der Waals surface area contributed by atoms with Crippen LogP contribution in [0.15, 0.2) is 0 Å². The minimum absolute atomic E-state index is 0.503. The second-order valence-corrected chi connectivity index (χ2v) is 5.81. The summed E-state index contributed by atoms with van der Waals surface area (Å²) in [5.41, 5.74) is 0. The highest BCUT2D eigenvalue weighted by molar-refractivity contribution is 5.78. The van der Waals surface area contributed by atoms with E-state index in [2.05, 4.69) is 20.8 Å². The van der Waals surface area contributed by atoms with E-state index in [1.165, 1.54) is 25.7 Å². The molecule has 2 atom stereocenters. The Hall–Kier alpha value is -0.330. The molecular formula is C14H26O. The third kappa shape index (κ3) is 5.34. The Morgan fingerprint density at radius 3 is 2.67 bits per heavy atom. The van der Waals surface area contributed by atoms with Gasteiger partial charge in [0.05, 0.1) is 0 Å². The van der Waals surface area contributed by atoms with Gasteiger partial charge < -0.3 is 0 Å². The van der Waals surface area contributed by atoms with Gasteiger partial charge in [-0.25, -0.2) is 0 Å². The lowest BCUT2D eigenvalue weighted by Crippen LogP contribution is -2.17. The van der Waals surface area contributed by atoms with E-state index in [-0.39, 0.29) is 0 Å². The topological polar surface area (TPSA) is 17.1 Å². The monoisotopic (exact) mass is 210 g/mol. The molecule has 0 bridgehead atoms. The second-order valence-electron chi connectivity index (χ2n) is 5.81. The quantitative estimate of drug-likeness (QED) is 0.664. The van der Waals surface area contributed by atoms with Crippen molar-refractivity contribution >= 4 is 5.78 Å². The fourth-order valence-electron chi connectivity index (χ4n) is 2.62. The smallest absolute Gasteiger partial charge is 0.133 e. The largest absolute Gasteiger partial charge is 0.300 e.